The van der Waals surface area contributed by atoms with Gasteiger partial charge in [-0.05, 0) is 26.2 Å². The van der Waals surface area contributed by atoms with Crippen LogP contribution in [0.25, 0.3) is 0 Å². The van der Waals surface area contributed by atoms with Gasteiger partial charge in [0.25, 0.3) is 0 Å². The lowest BCUT2D eigenvalue weighted by Gasteiger charge is -1.87. The van der Waals surface area contributed by atoms with Gasteiger partial charge in [-0.25, -0.2) is 0 Å². The Bertz CT molecular complexity index is 182. The molecule has 0 nitrogen and oxygen atoms in total. The highest BCUT2D eigenvalue weighted by atomic mass is 13.8. The molecule has 0 aliphatic heterocycles. The lowest BCUT2D eigenvalue weighted by Crippen LogP contribution is -1.66. The molecule has 0 rings (SSSR count). The molecule has 0 amide bonds. The Morgan fingerprint density at radius 3 is 2.42 bits per heavy atom. The highest BCUT2D eigenvalue weighted by molar-refractivity contribution is 5.10. The number of unbranched alkanes of at least 4 members (excludes halogenated alkanes) is 1. The maximum Gasteiger partial charge on any atom is -0.0172 e. The fraction of sp³-hybridized carbons (Fsp3) is 0.333. The molecule has 0 atom stereocenters. The van der Waals surface area contributed by atoms with Crippen LogP contribution in [0.3, 0.4) is 0 Å². The van der Waals surface area contributed by atoms with Crippen LogP contribution >= 0.6 is 0 Å². The van der Waals surface area contributed by atoms with Crippen molar-refractivity contribution < 1.29 is 0 Å². The van der Waals surface area contributed by atoms with E-state index in [1.807, 2.05) is 13.0 Å². The van der Waals surface area contributed by atoms with Crippen molar-refractivity contribution in [3.05, 3.63) is 49.1 Å². The SMILES string of the molecule is C=CCC=CCCC=CC(=C)C. The van der Waals surface area contributed by atoms with Crippen LogP contribution in [0, 0.1) is 0 Å². The highest BCUT2D eigenvalue weighted by Crippen LogP contribution is 1.97. The van der Waals surface area contributed by atoms with Crippen LogP contribution in [-0.2, 0) is 0 Å². The van der Waals surface area contributed by atoms with Crippen molar-refractivity contribution in [2.75, 3.05) is 0 Å². The molecule has 0 aromatic rings. The monoisotopic (exact) mass is 162 g/mol. The Kier molecular flexibility index (Phi) is 7.36. The molecule has 0 saturated heterocycles. The summed E-state index contributed by atoms with van der Waals surface area (Å²) in [7, 11) is 0. The van der Waals surface area contributed by atoms with Crippen LogP contribution < -0.4 is 0 Å². The van der Waals surface area contributed by atoms with Crippen molar-refractivity contribution in [1.29, 1.82) is 0 Å². The van der Waals surface area contributed by atoms with Crippen LogP contribution in [0.5, 0.6) is 0 Å². The van der Waals surface area contributed by atoms with E-state index in [0.717, 1.165) is 24.8 Å². The summed E-state index contributed by atoms with van der Waals surface area (Å²) in [5, 5.41) is 0. The summed E-state index contributed by atoms with van der Waals surface area (Å²) in [6.07, 6.45) is 13.6. The summed E-state index contributed by atoms with van der Waals surface area (Å²) in [6, 6.07) is 0. The summed E-state index contributed by atoms with van der Waals surface area (Å²) >= 11 is 0. The fourth-order valence-corrected chi connectivity index (χ4v) is 0.787. The Hall–Kier alpha value is -1.04. The number of hydrogen-bond donors (Lipinski definition) is 0. The van der Waals surface area contributed by atoms with Gasteiger partial charge in [-0.3, -0.25) is 0 Å². The van der Waals surface area contributed by atoms with Crippen molar-refractivity contribution >= 4 is 0 Å². The fourth-order valence-electron chi connectivity index (χ4n) is 0.787. The molecular weight excluding hydrogens is 144 g/mol. The molecule has 0 bridgehead atoms. The lowest BCUT2D eigenvalue weighted by molar-refractivity contribution is 1.04. The van der Waals surface area contributed by atoms with Crippen molar-refractivity contribution in [2.24, 2.45) is 0 Å². The third-order valence-electron chi connectivity index (χ3n) is 1.37. The summed E-state index contributed by atoms with van der Waals surface area (Å²) < 4.78 is 0. The minimum Gasteiger partial charge on any atom is -0.103 e. The van der Waals surface area contributed by atoms with Gasteiger partial charge >= 0.3 is 0 Å². The van der Waals surface area contributed by atoms with E-state index in [2.05, 4.69) is 37.5 Å². The maximum absolute atomic E-state index is 3.78. The quantitative estimate of drug-likeness (QED) is 0.314. The van der Waals surface area contributed by atoms with Crippen LogP contribution in [0.2, 0.25) is 0 Å². The van der Waals surface area contributed by atoms with Gasteiger partial charge in [-0.1, -0.05) is 42.5 Å². The van der Waals surface area contributed by atoms with Gasteiger partial charge in [0, 0.05) is 0 Å². The number of allylic oxidation sites excluding steroid dienone is 6. The zero-order valence-electron chi connectivity index (χ0n) is 7.92. The summed E-state index contributed by atoms with van der Waals surface area (Å²) in [4.78, 5) is 0. The molecule has 0 saturated carbocycles. The summed E-state index contributed by atoms with van der Waals surface area (Å²) in [6.45, 7) is 9.43. The molecule has 12 heavy (non-hydrogen) atoms. The molecule has 0 spiro atoms. The predicted octanol–water partition coefficient (Wildman–Crippen LogP) is 4.03. The van der Waals surface area contributed by atoms with E-state index in [-0.39, 0.29) is 0 Å². The molecule has 0 heteroatoms. The zero-order valence-corrected chi connectivity index (χ0v) is 7.92. The first kappa shape index (κ1) is 11.0. The molecule has 66 valence electrons. The van der Waals surface area contributed by atoms with E-state index in [4.69, 9.17) is 0 Å². The second kappa shape index (κ2) is 8.06. The van der Waals surface area contributed by atoms with Crippen molar-refractivity contribution in [3.8, 4) is 0 Å². The third kappa shape index (κ3) is 8.96. The maximum atomic E-state index is 3.78. The average Bonchev–Trinajstić information content (AvgIpc) is 2.02. The van der Waals surface area contributed by atoms with Gasteiger partial charge < -0.3 is 0 Å². The first-order valence-electron chi connectivity index (χ1n) is 4.35. The Labute approximate surface area is 76.0 Å². The van der Waals surface area contributed by atoms with Gasteiger partial charge in [0.1, 0.15) is 0 Å². The molecular formula is C12H18. The van der Waals surface area contributed by atoms with Crippen LogP contribution in [0.15, 0.2) is 49.1 Å². The number of rotatable bonds is 6. The molecule has 0 N–H and O–H groups in total. The molecule has 0 radical (unpaired) electrons. The standard InChI is InChI=1S/C12H18/c1-4-5-6-7-8-9-10-11-12(2)3/h4,6-7,10-11H,1-2,5,8-9H2,3H3. The molecule has 0 aromatic heterocycles. The van der Waals surface area contributed by atoms with Gasteiger partial charge in [0.05, 0.1) is 0 Å². The number of hydrogen-bond acceptors (Lipinski definition) is 0. The van der Waals surface area contributed by atoms with Crippen LogP contribution in [0.4, 0.5) is 0 Å². The van der Waals surface area contributed by atoms with Crippen LogP contribution in [-0.4, -0.2) is 0 Å². The average molecular weight is 162 g/mol. The zero-order chi connectivity index (χ0) is 9.23. The topological polar surface area (TPSA) is 0 Å². The Balaban J connectivity index is 3.31. The highest BCUT2D eigenvalue weighted by Gasteiger charge is 1.76. The molecule has 0 aliphatic rings. The first-order valence-corrected chi connectivity index (χ1v) is 4.35. The van der Waals surface area contributed by atoms with E-state index >= 15 is 0 Å². The van der Waals surface area contributed by atoms with Crippen LogP contribution in [0.1, 0.15) is 26.2 Å². The lowest BCUT2D eigenvalue weighted by atomic mass is 10.2. The minimum absolute atomic E-state index is 0.976. The summed E-state index contributed by atoms with van der Waals surface area (Å²) in [5.74, 6) is 0. The predicted molar refractivity (Wildman–Crippen MR) is 57.1 cm³/mol. The molecule has 0 fully saturated rings. The van der Waals surface area contributed by atoms with E-state index in [9.17, 15) is 0 Å². The van der Waals surface area contributed by atoms with Gasteiger partial charge in [0.15, 0.2) is 0 Å². The van der Waals surface area contributed by atoms with Gasteiger partial charge in [-0.2, -0.15) is 0 Å². The van der Waals surface area contributed by atoms with E-state index in [1.54, 1.807) is 0 Å². The molecule has 0 aromatic carbocycles. The second-order valence-corrected chi connectivity index (χ2v) is 2.82. The summed E-state index contributed by atoms with van der Waals surface area (Å²) in [5.41, 5.74) is 1.12. The third-order valence-corrected chi connectivity index (χ3v) is 1.37. The molecule has 0 unspecified atom stereocenters. The van der Waals surface area contributed by atoms with E-state index in [1.165, 1.54) is 0 Å². The molecule has 0 aliphatic carbocycles. The Morgan fingerprint density at radius 2 is 1.83 bits per heavy atom. The van der Waals surface area contributed by atoms with E-state index in [0.29, 0.717) is 0 Å². The van der Waals surface area contributed by atoms with Crippen molar-refractivity contribution in [1.82, 2.24) is 0 Å². The normalized spacial score (nSPS) is 11.1. The van der Waals surface area contributed by atoms with Gasteiger partial charge in [0.2, 0.25) is 0 Å². The largest absolute Gasteiger partial charge is 0.103 e. The van der Waals surface area contributed by atoms with Crippen molar-refractivity contribution in [3.63, 3.8) is 0 Å². The van der Waals surface area contributed by atoms with Crippen molar-refractivity contribution in [2.45, 2.75) is 26.2 Å². The first-order chi connectivity index (χ1) is 5.77. The molecule has 0 heterocycles. The van der Waals surface area contributed by atoms with E-state index < -0.39 is 0 Å². The van der Waals surface area contributed by atoms with Gasteiger partial charge in [-0.15, -0.1) is 6.58 Å². The minimum atomic E-state index is 0.976. The Morgan fingerprint density at radius 1 is 1.17 bits per heavy atom. The second-order valence-electron chi connectivity index (χ2n) is 2.82. The smallest absolute Gasteiger partial charge is 0.0172 e.